The van der Waals surface area contributed by atoms with Crippen molar-refractivity contribution in [3.8, 4) is 0 Å². The summed E-state index contributed by atoms with van der Waals surface area (Å²) < 4.78 is 29.2. The first-order chi connectivity index (χ1) is 17.5. The molecule has 0 aliphatic carbocycles. The molecular formula is C26H32Cl2N4O4S. The number of carbonyl (C=O) groups is 2. The fourth-order valence-corrected chi connectivity index (χ4v) is 5.85. The molecule has 0 radical (unpaired) electrons. The maximum absolute atomic E-state index is 13.0. The van der Waals surface area contributed by atoms with Crippen LogP contribution in [0.1, 0.15) is 43.6 Å². The van der Waals surface area contributed by atoms with Gasteiger partial charge in [0, 0.05) is 36.1 Å². The third kappa shape index (κ3) is 7.70. The summed E-state index contributed by atoms with van der Waals surface area (Å²) in [7, 11) is -1.95. The summed E-state index contributed by atoms with van der Waals surface area (Å²) in [6.45, 7) is 4.51. The van der Waals surface area contributed by atoms with Crippen LogP contribution in [0.4, 0.5) is 0 Å². The Labute approximate surface area is 227 Å². The van der Waals surface area contributed by atoms with E-state index in [-0.39, 0.29) is 34.2 Å². The summed E-state index contributed by atoms with van der Waals surface area (Å²) >= 11 is 11.8. The highest BCUT2D eigenvalue weighted by atomic mass is 35.5. The van der Waals surface area contributed by atoms with Gasteiger partial charge in [-0.1, -0.05) is 55.2 Å². The number of aromatic nitrogens is 1. The Morgan fingerprint density at radius 1 is 1.00 bits per heavy atom. The minimum atomic E-state index is -3.77. The number of halogens is 2. The van der Waals surface area contributed by atoms with Crippen molar-refractivity contribution in [1.29, 1.82) is 0 Å². The van der Waals surface area contributed by atoms with E-state index < -0.39 is 16.1 Å². The summed E-state index contributed by atoms with van der Waals surface area (Å²) in [6, 6.07) is 13.0. The van der Waals surface area contributed by atoms with Crippen LogP contribution in [0.3, 0.4) is 0 Å². The molecule has 2 amide bonds. The Balaban J connectivity index is 1.50. The molecule has 2 aromatic carbocycles. The van der Waals surface area contributed by atoms with Crippen molar-refractivity contribution in [2.45, 2.75) is 44.0 Å². The van der Waals surface area contributed by atoms with Crippen LogP contribution < -0.4 is 15.4 Å². The number of fused-ring (bicyclic) bond motifs is 1. The lowest BCUT2D eigenvalue weighted by molar-refractivity contribution is -0.123. The van der Waals surface area contributed by atoms with Gasteiger partial charge in [-0.25, -0.2) is 13.1 Å². The molecule has 0 unspecified atom stereocenters. The summed E-state index contributed by atoms with van der Waals surface area (Å²) in [4.78, 5) is 25.8. The van der Waals surface area contributed by atoms with Crippen molar-refractivity contribution in [3.05, 3.63) is 64.3 Å². The molecule has 37 heavy (non-hydrogen) atoms. The van der Waals surface area contributed by atoms with E-state index in [0.29, 0.717) is 36.5 Å². The van der Waals surface area contributed by atoms with E-state index in [0.717, 1.165) is 10.9 Å². The third-order valence-corrected chi connectivity index (χ3v) is 8.07. The van der Waals surface area contributed by atoms with Crippen molar-refractivity contribution in [2.24, 2.45) is 13.0 Å². The van der Waals surface area contributed by atoms with Gasteiger partial charge in [-0.3, -0.25) is 9.59 Å². The molecule has 1 heterocycles. The summed E-state index contributed by atoms with van der Waals surface area (Å²) in [5, 5.41) is 7.09. The normalized spacial score (nSPS) is 12.6. The van der Waals surface area contributed by atoms with Gasteiger partial charge >= 0.3 is 0 Å². The van der Waals surface area contributed by atoms with Gasteiger partial charge in [0.05, 0.1) is 5.02 Å². The molecule has 8 nitrogen and oxygen atoms in total. The fourth-order valence-electron chi connectivity index (χ4n) is 4.00. The van der Waals surface area contributed by atoms with E-state index in [9.17, 15) is 18.0 Å². The van der Waals surface area contributed by atoms with Crippen molar-refractivity contribution >= 4 is 55.9 Å². The zero-order valence-corrected chi connectivity index (χ0v) is 23.4. The predicted molar refractivity (Wildman–Crippen MR) is 148 cm³/mol. The van der Waals surface area contributed by atoms with E-state index in [1.165, 1.54) is 18.2 Å². The molecule has 3 rings (SSSR count). The first-order valence-electron chi connectivity index (χ1n) is 12.1. The van der Waals surface area contributed by atoms with E-state index in [2.05, 4.69) is 15.4 Å². The standard InChI is InChI=1S/C26H32Cl2N4O4S/c1-17(2)14-21(31-26(34)23-15-18-8-4-5-9-22(18)32(23)3)25(33)29-12-6-7-13-30-37(35,36)24-11-10-19(27)16-20(24)28/h4-5,8-11,15-17,21,30H,6-7,12-14H2,1-3H3,(H,29,33)(H,31,34)/t21-/m0/s1. The number of hydrogen-bond donors (Lipinski definition) is 3. The molecule has 11 heteroatoms. The van der Waals surface area contributed by atoms with Gasteiger partial charge in [0.2, 0.25) is 15.9 Å². The topological polar surface area (TPSA) is 109 Å². The van der Waals surface area contributed by atoms with Crippen LogP contribution in [0.5, 0.6) is 0 Å². The lowest BCUT2D eigenvalue weighted by atomic mass is 10.0. The average molecular weight is 568 g/mol. The van der Waals surface area contributed by atoms with E-state index >= 15 is 0 Å². The number of benzene rings is 2. The minimum absolute atomic E-state index is 0.0368. The molecule has 1 atom stereocenters. The van der Waals surface area contributed by atoms with E-state index in [4.69, 9.17) is 23.2 Å². The molecule has 200 valence electrons. The number of aryl methyl sites for hydroxylation is 1. The zero-order valence-electron chi connectivity index (χ0n) is 21.1. The number of amides is 2. The Kier molecular flexibility index (Phi) is 10.0. The number of carbonyl (C=O) groups excluding carboxylic acids is 2. The Morgan fingerprint density at radius 2 is 1.70 bits per heavy atom. The lowest BCUT2D eigenvalue weighted by Gasteiger charge is -2.20. The predicted octanol–water partition coefficient (Wildman–Crippen LogP) is 4.50. The molecule has 3 aromatic rings. The maximum atomic E-state index is 13.0. The number of unbranched alkanes of at least 4 members (excludes halogenated alkanes) is 1. The minimum Gasteiger partial charge on any atom is -0.354 e. The SMILES string of the molecule is CC(C)C[C@H](NC(=O)c1cc2ccccc2n1C)C(=O)NCCCCNS(=O)(=O)c1ccc(Cl)cc1Cl. The number of hydrogen-bond acceptors (Lipinski definition) is 4. The molecular weight excluding hydrogens is 535 g/mol. The van der Waals surface area contributed by atoms with Crippen LogP contribution in [0.15, 0.2) is 53.4 Å². The molecule has 0 aliphatic rings. The molecule has 0 aliphatic heterocycles. The van der Waals surface area contributed by atoms with Gasteiger partial charge in [-0.2, -0.15) is 0 Å². The third-order valence-electron chi connectivity index (χ3n) is 5.89. The van der Waals surface area contributed by atoms with Gasteiger partial charge in [-0.05, 0) is 55.5 Å². The zero-order chi connectivity index (χ0) is 27.2. The van der Waals surface area contributed by atoms with Crippen molar-refractivity contribution < 1.29 is 18.0 Å². The fraction of sp³-hybridized carbons (Fsp3) is 0.385. The Bertz CT molecular complexity index is 1370. The number of nitrogens with zero attached hydrogens (tertiary/aromatic N) is 1. The average Bonchev–Trinajstić information content (AvgIpc) is 3.17. The van der Waals surface area contributed by atoms with Crippen LogP contribution in [-0.4, -0.2) is 43.9 Å². The van der Waals surface area contributed by atoms with Gasteiger partial charge in [0.1, 0.15) is 16.6 Å². The molecule has 0 fully saturated rings. The second-order valence-electron chi connectivity index (χ2n) is 9.27. The lowest BCUT2D eigenvalue weighted by Crippen LogP contribution is -2.48. The smallest absolute Gasteiger partial charge is 0.268 e. The van der Waals surface area contributed by atoms with E-state index in [1.54, 1.807) is 0 Å². The number of nitrogens with one attached hydrogen (secondary N) is 3. The quantitative estimate of drug-likeness (QED) is 0.280. The van der Waals surface area contributed by atoms with Gasteiger partial charge < -0.3 is 15.2 Å². The summed E-state index contributed by atoms with van der Waals surface area (Å²) in [5.41, 5.74) is 1.42. The molecule has 0 spiro atoms. The van der Waals surface area contributed by atoms with Crippen LogP contribution in [-0.2, 0) is 21.9 Å². The monoisotopic (exact) mass is 566 g/mol. The van der Waals surface area contributed by atoms with Gasteiger partial charge in [-0.15, -0.1) is 0 Å². The molecule has 0 saturated heterocycles. The van der Waals surface area contributed by atoms with Crippen molar-refractivity contribution in [3.63, 3.8) is 0 Å². The summed E-state index contributed by atoms with van der Waals surface area (Å²) in [5.74, 6) is -0.387. The van der Waals surface area contributed by atoms with Crippen molar-refractivity contribution in [2.75, 3.05) is 13.1 Å². The number of rotatable bonds is 12. The highest BCUT2D eigenvalue weighted by Gasteiger charge is 2.24. The Hall–Kier alpha value is -2.59. The molecule has 1 aromatic heterocycles. The largest absolute Gasteiger partial charge is 0.354 e. The first-order valence-corrected chi connectivity index (χ1v) is 14.3. The first kappa shape index (κ1) is 29.0. The van der Waals surface area contributed by atoms with Gasteiger partial charge in [0.15, 0.2) is 0 Å². The van der Waals surface area contributed by atoms with Gasteiger partial charge in [0.25, 0.3) is 5.91 Å². The number of sulfonamides is 1. The van der Waals surface area contributed by atoms with Crippen molar-refractivity contribution in [1.82, 2.24) is 19.9 Å². The van der Waals surface area contributed by atoms with Crippen LogP contribution in [0, 0.1) is 5.92 Å². The van der Waals surface area contributed by atoms with Crippen LogP contribution in [0.2, 0.25) is 10.0 Å². The highest BCUT2D eigenvalue weighted by molar-refractivity contribution is 7.89. The van der Waals surface area contributed by atoms with Crippen LogP contribution >= 0.6 is 23.2 Å². The molecule has 3 N–H and O–H groups in total. The van der Waals surface area contributed by atoms with E-state index in [1.807, 2.05) is 55.8 Å². The Morgan fingerprint density at radius 3 is 2.38 bits per heavy atom. The molecule has 0 saturated carbocycles. The summed E-state index contributed by atoms with van der Waals surface area (Å²) in [6.07, 6.45) is 1.54. The highest BCUT2D eigenvalue weighted by Crippen LogP contribution is 2.24. The second-order valence-corrected chi connectivity index (χ2v) is 11.9. The molecule has 0 bridgehead atoms. The second kappa shape index (κ2) is 12.8. The maximum Gasteiger partial charge on any atom is 0.268 e. The van der Waals surface area contributed by atoms with Crippen LogP contribution in [0.25, 0.3) is 10.9 Å². The number of para-hydroxylation sites is 1.